The van der Waals surface area contributed by atoms with Gasteiger partial charge in [0.2, 0.25) is 10.0 Å². The van der Waals surface area contributed by atoms with Crippen LogP contribution in [-0.4, -0.2) is 26.5 Å². The molecule has 0 aliphatic rings. The van der Waals surface area contributed by atoms with E-state index in [4.69, 9.17) is 0 Å². The highest BCUT2D eigenvalue weighted by atomic mass is 32.2. The first-order chi connectivity index (χ1) is 8.11. The summed E-state index contributed by atoms with van der Waals surface area (Å²) in [6.45, 7) is 5.06. The van der Waals surface area contributed by atoms with Crippen LogP contribution in [0.25, 0.3) is 0 Å². The number of anilines is 1. The van der Waals surface area contributed by atoms with E-state index in [9.17, 15) is 8.42 Å². The molecule has 0 radical (unpaired) electrons. The van der Waals surface area contributed by atoms with E-state index >= 15 is 0 Å². The van der Waals surface area contributed by atoms with Gasteiger partial charge in [-0.1, -0.05) is 13.3 Å². The minimum absolute atomic E-state index is 0.206. The largest absolute Gasteiger partial charge is 0.384 e. The maximum absolute atomic E-state index is 12.0. The lowest BCUT2D eigenvalue weighted by molar-refractivity contribution is 0.578. The molecule has 0 unspecified atom stereocenters. The lowest BCUT2D eigenvalue weighted by Gasteiger charge is -2.11. The van der Waals surface area contributed by atoms with Crippen LogP contribution in [0.2, 0.25) is 0 Å². The Morgan fingerprint density at radius 3 is 2.76 bits per heavy atom. The zero-order chi connectivity index (χ0) is 12.7. The van der Waals surface area contributed by atoms with Crippen molar-refractivity contribution in [2.75, 3.05) is 18.4 Å². The molecule has 1 rings (SSSR count). The van der Waals surface area contributed by atoms with Crippen molar-refractivity contribution in [2.24, 2.45) is 0 Å². The van der Waals surface area contributed by atoms with Crippen molar-refractivity contribution in [3.63, 3.8) is 0 Å². The van der Waals surface area contributed by atoms with Gasteiger partial charge < -0.3 is 5.32 Å². The van der Waals surface area contributed by atoms with Crippen LogP contribution in [0.1, 0.15) is 26.7 Å². The monoisotopic (exact) mass is 257 g/mol. The number of nitrogens with zero attached hydrogens (tertiary/aromatic N) is 1. The van der Waals surface area contributed by atoms with E-state index in [2.05, 4.69) is 15.0 Å². The summed E-state index contributed by atoms with van der Waals surface area (Å²) in [5.41, 5.74) is 0.589. The minimum atomic E-state index is -3.46. The van der Waals surface area contributed by atoms with E-state index in [1.165, 1.54) is 6.20 Å². The average molecular weight is 257 g/mol. The summed E-state index contributed by atoms with van der Waals surface area (Å²) in [6, 6.07) is 1.66. The molecule has 17 heavy (non-hydrogen) atoms. The molecule has 6 heteroatoms. The number of nitrogens with one attached hydrogen (secondary N) is 2. The van der Waals surface area contributed by atoms with Crippen LogP contribution in [0, 0.1) is 0 Å². The Labute approximate surface area is 103 Å². The van der Waals surface area contributed by atoms with E-state index in [-0.39, 0.29) is 4.90 Å². The van der Waals surface area contributed by atoms with E-state index < -0.39 is 10.0 Å². The molecule has 0 saturated heterocycles. The minimum Gasteiger partial charge on any atom is -0.384 e. The van der Waals surface area contributed by atoms with Crippen LogP contribution in [0.4, 0.5) is 5.69 Å². The quantitative estimate of drug-likeness (QED) is 0.728. The maximum Gasteiger partial charge on any atom is 0.244 e. The van der Waals surface area contributed by atoms with Crippen LogP contribution in [0.15, 0.2) is 23.4 Å². The Hall–Kier alpha value is -1.14. The molecule has 0 aliphatic carbocycles. The van der Waals surface area contributed by atoms with Gasteiger partial charge >= 0.3 is 0 Å². The van der Waals surface area contributed by atoms with Crippen LogP contribution < -0.4 is 10.0 Å². The molecule has 0 fully saturated rings. The normalized spacial score (nSPS) is 11.4. The Bertz CT molecular complexity index is 446. The zero-order valence-corrected chi connectivity index (χ0v) is 11.0. The van der Waals surface area contributed by atoms with Crippen molar-refractivity contribution in [1.82, 2.24) is 9.71 Å². The molecule has 2 N–H and O–H groups in total. The summed E-state index contributed by atoms with van der Waals surface area (Å²) in [6.07, 6.45) is 4.72. The van der Waals surface area contributed by atoms with E-state index in [1.54, 1.807) is 12.3 Å². The molecule has 0 bridgehead atoms. The van der Waals surface area contributed by atoms with Crippen molar-refractivity contribution in [3.8, 4) is 0 Å². The van der Waals surface area contributed by atoms with Crippen molar-refractivity contribution < 1.29 is 8.42 Å². The highest BCUT2D eigenvalue weighted by Gasteiger charge is 2.17. The lowest BCUT2D eigenvalue weighted by Crippen LogP contribution is -2.25. The molecule has 0 atom stereocenters. The van der Waals surface area contributed by atoms with Gasteiger partial charge in [0.15, 0.2) is 0 Å². The standard InChI is InChI=1S/C11H19N3O2S/c1-3-5-7-14-17(15,16)11-9-12-8-6-10(11)13-4-2/h6,8-9,14H,3-5,7H2,1-2H3,(H,12,13). The smallest absolute Gasteiger partial charge is 0.244 e. The topological polar surface area (TPSA) is 71.1 Å². The van der Waals surface area contributed by atoms with Crippen LogP contribution in [0.5, 0.6) is 0 Å². The van der Waals surface area contributed by atoms with Gasteiger partial charge in [0.05, 0.1) is 5.69 Å². The Kier molecular flexibility index (Phi) is 5.37. The third-order valence-corrected chi connectivity index (χ3v) is 3.75. The number of unbranched alkanes of at least 4 members (excludes halogenated alkanes) is 1. The second-order valence-corrected chi connectivity index (χ2v) is 5.39. The first-order valence-corrected chi connectivity index (χ1v) is 7.27. The van der Waals surface area contributed by atoms with Crippen molar-refractivity contribution in [3.05, 3.63) is 18.5 Å². The van der Waals surface area contributed by atoms with Gasteiger partial charge in [-0.2, -0.15) is 0 Å². The number of hydrogen-bond acceptors (Lipinski definition) is 4. The molecule has 1 heterocycles. The fourth-order valence-electron chi connectivity index (χ4n) is 1.39. The van der Waals surface area contributed by atoms with Crippen LogP contribution in [0.3, 0.4) is 0 Å². The Balaban J connectivity index is 2.89. The number of aromatic nitrogens is 1. The average Bonchev–Trinajstić information content (AvgIpc) is 2.30. The molecule has 0 aromatic carbocycles. The van der Waals surface area contributed by atoms with Gasteiger partial charge in [0.25, 0.3) is 0 Å². The third kappa shape index (κ3) is 3.98. The molecule has 1 aromatic rings. The third-order valence-electron chi connectivity index (χ3n) is 2.26. The van der Waals surface area contributed by atoms with Crippen LogP contribution in [-0.2, 0) is 10.0 Å². The van der Waals surface area contributed by atoms with Gasteiger partial charge in [0.1, 0.15) is 4.90 Å². The zero-order valence-electron chi connectivity index (χ0n) is 10.2. The highest BCUT2D eigenvalue weighted by molar-refractivity contribution is 7.89. The molecular formula is C11H19N3O2S. The molecular weight excluding hydrogens is 238 g/mol. The summed E-state index contributed by atoms with van der Waals surface area (Å²) < 4.78 is 26.6. The Morgan fingerprint density at radius 2 is 2.12 bits per heavy atom. The molecule has 1 aromatic heterocycles. The molecule has 96 valence electrons. The maximum atomic E-state index is 12.0. The van der Waals surface area contributed by atoms with Gasteiger partial charge in [0, 0.05) is 25.5 Å². The van der Waals surface area contributed by atoms with Gasteiger partial charge in [-0.25, -0.2) is 13.1 Å². The second-order valence-electron chi connectivity index (χ2n) is 3.65. The summed E-state index contributed by atoms with van der Waals surface area (Å²) in [4.78, 5) is 4.07. The van der Waals surface area contributed by atoms with E-state index in [1.807, 2.05) is 13.8 Å². The van der Waals surface area contributed by atoms with Crippen molar-refractivity contribution >= 4 is 15.7 Å². The van der Waals surface area contributed by atoms with Gasteiger partial charge in [-0.05, 0) is 19.4 Å². The molecule has 0 spiro atoms. The van der Waals surface area contributed by atoms with Crippen molar-refractivity contribution in [2.45, 2.75) is 31.6 Å². The summed E-state index contributed by atoms with van der Waals surface area (Å²) in [5, 5.41) is 3.01. The molecule has 0 amide bonds. The van der Waals surface area contributed by atoms with E-state index in [0.717, 1.165) is 12.8 Å². The first kappa shape index (κ1) is 13.9. The number of pyridine rings is 1. The predicted octanol–water partition coefficient (Wildman–Crippen LogP) is 1.59. The number of rotatable bonds is 7. The fraction of sp³-hybridized carbons (Fsp3) is 0.545. The molecule has 5 nitrogen and oxygen atoms in total. The van der Waals surface area contributed by atoms with Gasteiger partial charge in [-0.15, -0.1) is 0 Å². The second kappa shape index (κ2) is 6.56. The molecule has 0 aliphatic heterocycles. The SMILES string of the molecule is CCCCNS(=O)(=O)c1cnccc1NCC. The number of hydrogen-bond donors (Lipinski definition) is 2. The van der Waals surface area contributed by atoms with Crippen molar-refractivity contribution in [1.29, 1.82) is 0 Å². The van der Waals surface area contributed by atoms with Crippen LogP contribution >= 0.6 is 0 Å². The predicted molar refractivity (Wildman–Crippen MR) is 68.5 cm³/mol. The highest BCUT2D eigenvalue weighted by Crippen LogP contribution is 2.18. The van der Waals surface area contributed by atoms with E-state index in [0.29, 0.717) is 18.8 Å². The van der Waals surface area contributed by atoms with Gasteiger partial charge in [-0.3, -0.25) is 4.98 Å². The lowest BCUT2D eigenvalue weighted by atomic mass is 10.3. The Morgan fingerprint density at radius 1 is 1.35 bits per heavy atom. The summed E-state index contributed by atoms with van der Waals surface area (Å²) in [7, 11) is -3.46. The number of sulfonamides is 1. The summed E-state index contributed by atoms with van der Waals surface area (Å²) in [5.74, 6) is 0. The molecule has 0 saturated carbocycles. The summed E-state index contributed by atoms with van der Waals surface area (Å²) >= 11 is 0. The fourth-order valence-corrected chi connectivity index (χ4v) is 2.59. The first-order valence-electron chi connectivity index (χ1n) is 5.79.